The van der Waals surface area contributed by atoms with Crippen LogP contribution < -0.4 is 5.32 Å². The molecule has 0 bridgehead atoms. The summed E-state index contributed by atoms with van der Waals surface area (Å²) < 4.78 is 4.83. The Morgan fingerprint density at radius 2 is 2.16 bits per heavy atom. The Morgan fingerprint density at radius 3 is 2.89 bits per heavy atom. The second kappa shape index (κ2) is 5.14. The lowest BCUT2D eigenvalue weighted by molar-refractivity contribution is 0.392. The van der Waals surface area contributed by atoms with E-state index >= 15 is 0 Å². The molecule has 1 aromatic heterocycles. The minimum atomic E-state index is 0.260. The van der Waals surface area contributed by atoms with E-state index < -0.39 is 0 Å². The van der Waals surface area contributed by atoms with E-state index in [0.29, 0.717) is 6.54 Å². The predicted octanol–water partition coefficient (Wildman–Crippen LogP) is 1.81. The van der Waals surface area contributed by atoms with E-state index in [9.17, 15) is 0 Å². The lowest BCUT2D eigenvalue weighted by Crippen LogP contribution is -2.36. The normalized spacial score (nSPS) is 17.9. The topological polar surface area (TPSA) is 53.7 Å². The lowest BCUT2D eigenvalue weighted by Gasteiger charge is -2.19. The van der Waals surface area contributed by atoms with Crippen molar-refractivity contribution in [3.63, 3.8) is 0 Å². The van der Waals surface area contributed by atoms with Crippen molar-refractivity contribution in [2.24, 2.45) is 4.99 Å². The summed E-state index contributed by atoms with van der Waals surface area (Å²) in [6, 6.07) is 12.5. The fourth-order valence-corrected chi connectivity index (χ4v) is 2.17. The van der Waals surface area contributed by atoms with Gasteiger partial charge in [-0.1, -0.05) is 35.5 Å². The van der Waals surface area contributed by atoms with Crippen LogP contribution in [-0.4, -0.2) is 29.6 Å². The van der Waals surface area contributed by atoms with Gasteiger partial charge in [0.05, 0.1) is 19.1 Å². The molecule has 0 fully saturated rings. The van der Waals surface area contributed by atoms with Crippen LogP contribution in [0.15, 0.2) is 52.2 Å². The van der Waals surface area contributed by atoms with Crippen LogP contribution in [0, 0.1) is 0 Å². The Morgan fingerprint density at radius 1 is 1.32 bits per heavy atom. The van der Waals surface area contributed by atoms with E-state index in [4.69, 9.17) is 4.52 Å². The summed E-state index contributed by atoms with van der Waals surface area (Å²) in [5.74, 6) is 0.900. The maximum Gasteiger partial charge on any atom is 0.194 e. The van der Waals surface area contributed by atoms with Gasteiger partial charge in [-0.3, -0.25) is 4.99 Å². The predicted molar refractivity (Wildman–Crippen MR) is 72.6 cm³/mol. The summed E-state index contributed by atoms with van der Waals surface area (Å²) in [4.78, 5) is 6.59. The van der Waals surface area contributed by atoms with Crippen molar-refractivity contribution in [2.45, 2.75) is 12.6 Å². The van der Waals surface area contributed by atoms with Gasteiger partial charge in [-0.15, -0.1) is 0 Å². The summed E-state index contributed by atoms with van der Waals surface area (Å²) in [5, 5.41) is 7.34. The monoisotopic (exact) mass is 256 g/mol. The highest BCUT2D eigenvalue weighted by molar-refractivity contribution is 5.81. The SMILES string of the molecule is CN(Cc1ccon1)C1=NCC(c2ccccc2)N1. The number of rotatable bonds is 3. The smallest absolute Gasteiger partial charge is 0.194 e. The third-order valence-electron chi connectivity index (χ3n) is 3.18. The third-order valence-corrected chi connectivity index (χ3v) is 3.18. The lowest BCUT2D eigenvalue weighted by atomic mass is 10.1. The molecule has 1 N–H and O–H groups in total. The number of hydrogen-bond donors (Lipinski definition) is 1. The summed E-state index contributed by atoms with van der Waals surface area (Å²) in [6.45, 7) is 1.45. The van der Waals surface area contributed by atoms with Gasteiger partial charge in [0.2, 0.25) is 0 Å². The van der Waals surface area contributed by atoms with Crippen LogP contribution in [-0.2, 0) is 6.54 Å². The summed E-state index contributed by atoms with van der Waals surface area (Å²) in [5.41, 5.74) is 2.16. The average Bonchev–Trinajstić information content (AvgIpc) is 3.10. The van der Waals surface area contributed by atoms with Crippen LogP contribution in [0.25, 0.3) is 0 Å². The zero-order chi connectivity index (χ0) is 13.1. The first-order valence-corrected chi connectivity index (χ1v) is 6.29. The number of aliphatic imine (C=N–C) groups is 1. The van der Waals surface area contributed by atoms with Gasteiger partial charge in [0.25, 0.3) is 0 Å². The molecule has 5 heteroatoms. The number of nitrogens with one attached hydrogen (secondary N) is 1. The zero-order valence-corrected chi connectivity index (χ0v) is 10.8. The maximum absolute atomic E-state index is 4.83. The molecule has 19 heavy (non-hydrogen) atoms. The van der Waals surface area contributed by atoms with E-state index in [1.807, 2.05) is 36.2 Å². The quantitative estimate of drug-likeness (QED) is 0.910. The van der Waals surface area contributed by atoms with Crippen molar-refractivity contribution >= 4 is 5.96 Å². The molecule has 2 aromatic rings. The number of benzene rings is 1. The third kappa shape index (κ3) is 2.59. The minimum Gasteiger partial charge on any atom is -0.364 e. The molecule has 1 aliphatic heterocycles. The molecule has 1 unspecified atom stereocenters. The van der Waals surface area contributed by atoms with Gasteiger partial charge in [-0.25, -0.2) is 0 Å². The first-order valence-electron chi connectivity index (χ1n) is 6.29. The average molecular weight is 256 g/mol. The number of guanidine groups is 1. The Labute approximate surface area is 111 Å². The largest absolute Gasteiger partial charge is 0.364 e. The summed E-state index contributed by atoms with van der Waals surface area (Å²) in [7, 11) is 1.99. The van der Waals surface area contributed by atoms with Crippen LogP contribution >= 0.6 is 0 Å². The Hall–Kier alpha value is -2.30. The highest BCUT2D eigenvalue weighted by atomic mass is 16.5. The molecule has 98 valence electrons. The van der Waals surface area contributed by atoms with Crippen molar-refractivity contribution < 1.29 is 4.52 Å². The summed E-state index contributed by atoms with van der Waals surface area (Å²) >= 11 is 0. The fourth-order valence-electron chi connectivity index (χ4n) is 2.17. The van der Waals surface area contributed by atoms with Crippen LogP contribution in [0.4, 0.5) is 0 Å². The van der Waals surface area contributed by atoms with Crippen molar-refractivity contribution in [3.8, 4) is 0 Å². The molecular weight excluding hydrogens is 240 g/mol. The molecule has 0 radical (unpaired) electrons. The highest BCUT2D eigenvalue weighted by Gasteiger charge is 2.21. The molecule has 1 aromatic carbocycles. The molecule has 1 atom stereocenters. The standard InChI is InChI=1S/C14H16N4O/c1-18(10-12-7-8-19-17-12)14-15-9-13(16-14)11-5-3-2-4-6-11/h2-8,13H,9-10H2,1H3,(H,15,16). The van der Waals surface area contributed by atoms with E-state index in [0.717, 1.165) is 18.2 Å². The molecule has 0 amide bonds. The minimum absolute atomic E-state index is 0.260. The van der Waals surface area contributed by atoms with Crippen molar-refractivity contribution in [2.75, 3.05) is 13.6 Å². The molecule has 2 heterocycles. The van der Waals surface area contributed by atoms with Gasteiger partial charge in [0.15, 0.2) is 5.96 Å². The van der Waals surface area contributed by atoms with E-state index in [-0.39, 0.29) is 6.04 Å². The molecule has 3 rings (SSSR count). The zero-order valence-electron chi connectivity index (χ0n) is 10.8. The van der Waals surface area contributed by atoms with Gasteiger partial charge in [-0.05, 0) is 5.56 Å². The van der Waals surface area contributed by atoms with Crippen molar-refractivity contribution in [3.05, 3.63) is 53.9 Å². The van der Waals surface area contributed by atoms with E-state index in [1.54, 1.807) is 6.26 Å². The molecule has 0 spiro atoms. The second-order valence-corrected chi connectivity index (χ2v) is 4.62. The Kier molecular flexibility index (Phi) is 3.18. The van der Waals surface area contributed by atoms with Crippen LogP contribution in [0.3, 0.4) is 0 Å². The van der Waals surface area contributed by atoms with Gasteiger partial charge in [0.1, 0.15) is 12.0 Å². The Balaban J connectivity index is 1.62. The number of hydrogen-bond acceptors (Lipinski definition) is 5. The van der Waals surface area contributed by atoms with Gasteiger partial charge in [-0.2, -0.15) is 0 Å². The second-order valence-electron chi connectivity index (χ2n) is 4.62. The molecular formula is C14H16N4O. The van der Waals surface area contributed by atoms with E-state index in [1.165, 1.54) is 5.56 Å². The molecule has 0 saturated heterocycles. The van der Waals surface area contributed by atoms with Crippen molar-refractivity contribution in [1.82, 2.24) is 15.4 Å². The fraction of sp³-hybridized carbons (Fsp3) is 0.286. The van der Waals surface area contributed by atoms with Crippen LogP contribution in [0.5, 0.6) is 0 Å². The summed E-state index contributed by atoms with van der Waals surface area (Å²) in [6.07, 6.45) is 1.58. The van der Waals surface area contributed by atoms with Gasteiger partial charge >= 0.3 is 0 Å². The maximum atomic E-state index is 4.83. The van der Waals surface area contributed by atoms with Gasteiger partial charge < -0.3 is 14.7 Å². The number of nitrogens with zero attached hydrogens (tertiary/aromatic N) is 3. The van der Waals surface area contributed by atoms with Crippen LogP contribution in [0.2, 0.25) is 0 Å². The molecule has 5 nitrogen and oxygen atoms in total. The molecule has 1 aliphatic rings. The van der Waals surface area contributed by atoms with Gasteiger partial charge in [0, 0.05) is 13.1 Å². The highest BCUT2D eigenvalue weighted by Crippen LogP contribution is 2.17. The Bertz CT molecular complexity index is 550. The van der Waals surface area contributed by atoms with Crippen molar-refractivity contribution in [1.29, 1.82) is 0 Å². The first-order chi connectivity index (χ1) is 9.33. The van der Waals surface area contributed by atoms with Crippen LogP contribution in [0.1, 0.15) is 17.3 Å². The molecule has 0 aliphatic carbocycles. The molecule has 0 saturated carbocycles. The number of aromatic nitrogens is 1. The first kappa shape index (κ1) is 11.8. The van der Waals surface area contributed by atoms with E-state index in [2.05, 4.69) is 27.6 Å².